The van der Waals surface area contributed by atoms with Gasteiger partial charge in [-0.1, -0.05) is 39.0 Å². The van der Waals surface area contributed by atoms with Crippen LogP contribution in [0.15, 0.2) is 24.3 Å². The molecular formula is C14H20ClN. The fraction of sp³-hybridized carbons (Fsp3) is 0.429. The van der Waals surface area contributed by atoms with E-state index < -0.39 is 0 Å². The first-order valence-corrected chi connectivity index (χ1v) is 6.11. The number of allylic oxidation sites excluding steroid dienone is 1. The summed E-state index contributed by atoms with van der Waals surface area (Å²) in [5, 5.41) is 0. The van der Waals surface area contributed by atoms with Crippen LogP contribution < -0.4 is 5.73 Å². The molecule has 0 spiro atoms. The maximum atomic E-state index is 5.93. The Hall–Kier alpha value is -0.950. The molecule has 0 fully saturated rings. The Balaban J connectivity index is 3.00. The third kappa shape index (κ3) is 3.57. The summed E-state index contributed by atoms with van der Waals surface area (Å²) in [6.45, 7) is 6.60. The molecule has 2 heteroatoms. The molecule has 0 unspecified atom stereocenters. The average molecular weight is 238 g/mol. The molecule has 88 valence electrons. The Kier molecular flexibility index (Phi) is 4.43. The van der Waals surface area contributed by atoms with Crippen LogP contribution >= 0.6 is 11.6 Å². The summed E-state index contributed by atoms with van der Waals surface area (Å²) < 4.78 is 0. The highest BCUT2D eigenvalue weighted by atomic mass is 35.5. The molecule has 0 aliphatic rings. The predicted molar refractivity (Wildman–Crippen MR) is 73.9 cm³/mol. The molecule has 16 heavy (non-hydrogen) atoms. The Morgan fingerprint density at radius 3 is 2.56 bits per heavy atom. The minimum atomic E-state index is 0.156. The van der Waals surface area contributed by atoms with Crippen molar-refractivity contribution in [2.75, 3.05) is 11.6 Å². The van der Waals surface area contributed by atoms with Crippen molar-refractivity contribution in [2.45, 2.75) is 32.6 Å². The summed E-state index contributed by atoms with van der Waals surface area (Å²) in [5.41, 5.74) is 9.28. The van der Waals surface area contributed by atoms with E-state index in [-0.39, 0.29) is 5.41 Å². The van der Waals surface area contributed by atoms with Crippen LogP contribution in [-0.4, -0.2) is 5.88 Å². The highest BCUT2D eigenvalue weighted by Crippen LogP contribution is 2.26. The number of nitrogen functional groups attached to an aromatic ring is 1. The molecule has 0 radical (unpaired) electrons. The summed E-state index contributed by atoms with van der Waals surface area (Å²) in [5.74, 6) is 0.648. The number of benzene rings is 1. The standard InChI is InChI=1S/C14H20ClN/c1-14(2,3)12-7-8-13(16)11(10-12)6-4-5-9-15/h4,6-8,10H,5,9,16H2,1-3H3. The lowest BCUT2D eigenvalue weighted by atomic mass is 9.86. The minimum Gasteiger partial charge on any atom is -0.398 e. The van der Waals surface area contributed by atoms with Crippen LogP contribution in [-0.2, 0) is 5.41 Å². The van der Waals surface area contributed by atoms with E-state index in [0.29, 0.717) is 5.88 Å². The molecule has 0 saturated carbocycles. The van der Waals surface area contributed by atoms with Crippen LogP contribution in [0.25, 0.3) is 6.08 Å². The molecule has 0 bridgehead atoms. The van der Waals surface area contributed by atoms with Gasteiger partial charge >= 0.3 is 0 Å². The number of nitrogens with two attached hydrogens (primary N) is 1. The number of anilines is 1. The molecule has 0 saturated heterocycles. The van der Waals surface area contributed by atoms with Crippen LogP contribution in [0.3, 0.4) is 0 Å². The van der Waals surface area contributed by atoms with Crippen molar-refractivity contribution in [2.24, 2.45) is 0 Å². The normalized spacial score (nSPS) is 12.2. The van der Waals surface area contributed by atoms with Crippen LogP contribution in [0, 0.1) is 0 Å². The largest absolute Gasteiger partial charge is 0.398 e. The Morgan fingerprint density at radius 1 is 1.31 bits per heavy atom. The van der Waals surface area contributed by atoms with E-state index in [1.807, 2.05) is 12.1 Å². The summed E-state index contributed by atoms with van der Waals surface area (Å²) in [4.78, 5) is 0. The number of halogens is 1. The van der Waals surface area contributed by atoms with Gasteiger partial charge in [0.05, 0.1) is 0 Å². The minimum absolute atomic E-state index is 0.156. The average Bonchev–Trinajstić information content (AvgIpc) is 2.19. The van der Waals surface area contributed by atoms with E-state index in [2.05, 4.69) is 39.0 Å². The lowest BCUT2D eigenvalue weighted by molar-refractivity contribution is 0.590. The third-order valence-electron chi connectivity index (χ3n) is 2.53. The Labute approximate surface area is 103 Å². The number of hydrogen-bond acceptors (Lipinski definition) is 1. The molecule has 1 aromatic rings. The second-order valence-corrected chi connectivity index (χ2v) is 5.35. The van der Waals surface area contributed by atoms with Gasteiger partial charge in [-0.2, -0.15) is 0 Å². The van der Waals surface area contributed by atoms with Gasteiger partial charge in [-0.15, -0.1) is 11.6 Å². The van der Waals surface area contributed by atoms with E-state index in [9.17, 15) is 0 Å². The number of alkyl halides is 1. The van der Waals surface area contributed by atoms with Gasteiger partial charge in [-0.05, 0) is 35.1 Å². The van der Waals surface area contributed by atoms with E-state index >= 15 is 0 Å². The highest BCUT2D eigenvalue weighted by Gasteiger charge is 2.13. The van der Waals surface area contributed by atoms with Crippen molar-refractivity contribution in [1.82, 2.24) is 0 Å². The van der Waals surface area contributed by atoms with Crippen molar-refractivity contribution >= 4 is 23.4 Å². The van der Waals surface area contributed by atoms with Gasteiger partial charge < -0.3 is 5.73 Å². The highest BCUT2D eigenvalue weighted by molar-refractivity contribution is 6.17. The topological polar surface area (TPSA) is 26.0 Å². The van der Waals surface area contributed by atoms with Gasteiger partial charge in [0.2, 0.25) is 0 Å². The third-order valence-corrected chi connectivity index (χ3v) is 2.74. The molecule has 2 N–H and O–H groups in total. The summed E-state index contributed by atoms with van der Waals surface area (Å²) in [7, 11) is 0. The fourth-order valence-corrected chi connectivity index (χ4v) is 1.58. The number of hydrogen-bond donors (Lipinski definition) is 1. The lowest BCUT2D eigenvalue weighted by Crippen LogP contribution is -2.11. The maximum Gasteiger partial charge on any atom is 0.0387 e. The van der Waals surface area contributed by atoms with Crippen LogP contribution in [0.1, 0.15) is 38.3 Å². The SMILES string of the molecule is CC(C)(C)c1ccc(N)c(C=CCCCl)c1. The zero-order chi connectivity index (χ0) is 12.2. The van der Waals surface area contributed by atoms with Gasteiger partial charge in [0, 0.05) is 11.6 Å². The monoisotopic (exact) mass is 237 g/mol. The predicted octanol–water partition coefficient (Wildman–Crippen LogP) is 4.21. The molecule has 0 aliphatic carbocycles. The second-order valence-electron chi connectivity index (χ2n) is 4.97. The molecule has 0 atom stereocenters. The molecule has 0 aromatic heterocycles. The summed E-state index contributed by atoms with van der Waals surface area (Å²) >= 11 is 5.63. The first-order chi connectivity index (χ1) is 7.45. The summed E-state index contributed by atoms with van der Waals surface area (Å²) in [6.07, 6.45) is 4.98. The van der Waals surface area contributed by atoms with Crippen molar-refractivity contribution < 1.29 is 0 Å². The van der Waals surface area contributed by atoms with Crippen LogP contribution in [0.4, 0.5) is 5.69 Å². The van der Waals surface area contributed by atoms with Crippen molar-refractivity contribution in [3.63, 3.8) is 0 Å². The van der Waals surface area contributed by atoms with Crippen molar-refractivity contribution in [1.29, 1.82) is 0 Å². The molecule has 0 heterocycles. The van der Waals surface area contributed by atoms with Crippen LogP contribution in [0.2, 0.25) is 0 Å². The first-order valence-electron chi connectivity index (χ1n) is 5.57. The summed E-state index contributed by atoms with van der Waals surface area (Å²) in [6, 6.07) is 6.22. The second kappa shape index (κ2) is 5.40. The molecular weight excluding hydrogens is 218 g/mol. The quantitative estimate of drug-likeness (QED) is 0.619. The maximum absolute atomic E-state index is 5.93. The van der Waals surface area contributed by atoms with E-state index in [1.54, 1.807) is 0 Å². The molecule has 1 nitrogen and oxygen atoms in total. The molecule has 0 amide bonds. The smallest absolute Gasteiger partial charge is 0.0387 e. The van der Waals surface area contributed by atoms with Crippen LogP contribution in [0.5, 0.6) is 0 Å². The van der Waals surface area contributed by atoms with Gasteiger partial charge in [0.15, 0.2) is 0 Å². The van der Waals surface area contributed by atoms with E-state index in [1.165, 1.54) is 5.56 Å². The van der Waals surface area contributed by atoms with Gasteiger partial charge in [-0.3, -0.25) is 0 Å². The molecule has 0 aliphatic heterocycles. The van der Waals surface area contributed by atoms with Gasteiger partial charge in [-0.25, -0.2) is 0 Å². The van der Waals surface area contributed by atoms with Crippen molar-refractivity contribution in [3.05, 3.63) is 35.4 Å². The van der Waals surface area contributed by atoms with Gasteiger partial charge in [0.1, 0.15) is 0 Å². The lowest BCUT2D eigenvalue weighted by Gasteiger charge is -2.20. The molecule has 1 aromatic carbocycles. The zero-order valence-corrected chi connectivity index (χ0v) is 11.0. The zero-order valence-electron chi connectivity index (χ0n) is 10.3. The van der Waals surface area contributed by atoms with E-state index in [0.717, 1.165) is 17.7 Å². The first kappa shape index (κ1) is 13.1. The van der Waals surface area contributed by atoms with E-state index in [4.69, 9.17) is 17.3 Å². The molecule has 1 rings (SSSR count). The number of rotatable bonds is 3. The van der Waals surface area contributed by atoms with Crippen molar-refractivity contribution in [3.8, 4) is 0 Å². The Morgan fingerprint density at radius 2 is 2.00 bits per heavy atom. The fourth-order valence-electron chi connectivity index (χ4n) is 1.46. The Bertz CT molecular complexity index is 375. The van der Waals surface area contributed by atoms with Gasteiger partial charge in [0.25, 0.3) is 0 Å².